The summed E-state index contributed by atoms with van der Waals surface area (Å²) in [5, 5.41) is 18.8. The summed E-state index contributed by atoms with van der Waals surface area (Å²) in [6.07, 6.45) is -0.286. The molecule has 1 atom stereocenters. The fraction of sp³-hybridized carbons (Fsp3) is 0.571. The van der Waals surface area contributed by atoms with Crippen LogP contribution < -0.4 is 5.32 Å². The van der Waals surface area contributed by atoms with E-state index in [0.717, 1.165) is 0 Å². The summed E-state index contributed by atoms with van der Waals surface area (Å²) in [7, 11) is 0. The highest BCUT2D eigenvalue weighted by atomic mass is 16.4. The van der Waals surface area contributed by atoms with Crippen molar-refractivity contribution in [1.29, 1.82) is 5.26 Å². The molecule has 0 bridgehead atoms. The highest BCUT2D eigenvalue weighted by molar-refractivity contribution is 5.80. The number of amides is 1. The summed E-state index contributed by atoms with van der Waals surface area (Å²) in [5.74, 6) is -1.43. The van der Waals surface area contributed by atoms with Gasteiger partial charge in [-0.15, -0.1) is 0 Å². The lowest BCUT2D eigenvalue weighted by molar-refractivity contribution is -0.138. The molecule has 0 aromatic heterocycles. The standard InChI is InChI=1S/C7H10N2O3/c1-5(4-8)9-6(10)2-3-7(11)12/h5H,2-3H2,1H3,(H,9,10)(H,11,12). The third-order valence-corrected chi connectivity index (χ3v) is 1.14. The largest absolute Gasteiger partial charge is 0.481 e. The van der Waals surface area contributed by atoms with Crippen LogP contribution in [0.15, 0.2) is 0 Å². The molecule has 2 N–H and O–H groups in total. The van der Waals surface area contributed by atoms with Crippen molar-refractivity contribution < 1.29 is 14.7 Å². The second-order valence-corrected chi connectivity index (χ2v) is 2.31. The van der Waals surface area contributed by atoms with Crippen LogP contribution in [-0.2, 0) is 9.59 Å². The summed E-state index contributed by atoms with van der Waals surface area (Å²) >= 11 is 0. The number of carbonyl (C=O) groups is 2. The van der Waals surface area contributed by atoms with Crippen molar-refractivity contribution in [1.82, 2.24) is 5.32 Å². The topological polar surface area (TPSA) is 90.2 Å². The molecule has 0 saturated heterocycles. The highest BCUT2D eigenvalue weighted by Crippen LogP contribution is 1.89. The van der Waals surface area contributed by atoms with Crippen molar-refractivity contribution in [2.45, 2.75) is 25.8 Å². The van der Waals surface area contributed by atoms with E-state index >= 15 is 0 Å². The van der Waals surface area contributed by atoms with Gasteiger partial charge in [0.2, 0.25) is 5.91 Å². The molecule has 0 aromatic carbocycles. The molecule has 5 heteroatoms. The zero-order chi connectivity index (χ0) is 9.56. The SMILES string of the molecule is CC(C#N)NC(=O)CCC(=O)O. The molecule has 0 fully saturated rings. The number of carbonyl (C=O) groups excluding carboxylic acids is 1. The Morgan fingerprint density at radius 1 is 1.58 bits per heavy atom. The molecule has 0 aliphatic rings. The van der Waals surface area contributed by atoms with E-state index in [4.69, 9.17) is 10.4 Å². The van der Waals surface area contributed by atoms with Gasteiger partial charge in [0, 0.05) is 6.42 Å². The van der Waals surface area contributed by atoms with Gasteiger partial charge in [-0.25, -0.2) is 0 Å². The molecule has 0 aliphatic carbocycles. The van der Waals surface area contributed by atoms with Gasteiger partial charge in [0.1, 0.15) is 6.04 Å². The number of carboxylic acids is 1. The molecule has 0 radical (unpaired) electrons. The highest BCUT2D eigenvalue weighted by Gasteiger charge is 2.07. The molecule has 12 heavy (non-hydrogen) atoms. The van der Waals surface area contributed by atoms with Gasteiger partial charge >= 0.3 is 5.97 Å². The third kappa shape index (κ3) is 5.23. The second-order valence-electron chi connectivity index (χ2n) is 2.31. The molecule has 66 valence electrons. The van der Waals surface area contributed by atoms with Crippen LogP contribution in [0, 0.1) is 11.3 Å². The average Bonchev–Trinajstić information content (AvgIpc) is 2.00. The molecular weight excluding hydrogens is 160 g/mol. The minimum Gasteiger partial charge on any atom is -0.481 e. The van der Waals surface area contributed by atoms with Crippen LogP contribution in [0.5, 0.6) is 0 Å². The normalized spacial score (nSPS) is 11.3. The smallest absolute Gasteiger partial charge is 0.303 e. The minimum absolute atomic E-state index is 0.0820. The fourth-order valence-electron chi connectivity index (χ4n) is 0.566. The predicted octanol–water partition coefficient (Wildman–Crippen LogP) is -0.121. The van der Waals surface area contributed by atoms with E-state index in [-0.39, 0.29) is 12.8 Å². The van der Waals surface area contributed by atoms with Crippen LogP contribution in [0.2, 0.25) is 0 Å². The number of nitriles is 1. The van der Waals surface area contributed by atoms with Crippen LogP contribution in [0.4, 0.5) is 0 Å². The van der Waals surface area contributed by atoms with Crippen molar-refractivity contribution in [2.75, 3.05) is 0 Å². The number of nitrogens with zero attached hydrogens (tertiary/aromatic N) is 1. The first-order valence-electron chi connectivity index (χ1n) is 3.47. The zero-order valence-electron chi connectivity index (χ0n) is 6.70. The maximum Gasteiger partial charge on any atom is 0.303 e. The van der Waals surface area contributed by atoms with Crippen LogP contribution in [-0.4, -0.2) is 23.0 Å². The average molecular weight is 170 g/mol. The Morgan fingerprint density at radius 3 is 2.58 bits per heavy atom. The number of carboxylic acid groups (broad SMARTS) is 1. The molecular formula is C7H10N2O3. The molecule has 0 aromatic rings. The van der Waals surface area contributed by atoms with Crippen LogP contribution in [0.3, 0.4) is 0 Å². The first-order valence-corrected chi connectivity index (χ1v) is 3.47. The number of rotatable bonds is 4. The zero-order valence-corrected chi connectivity index (χ0v) is 6.70. The van der Waals surface area contributed by atoms with Crippen molar-refractivity contribution in [3.05, 3.63) is 0 Å². The number of nitrogens with one attached hydrogen (secondary N) is 1. The maximum absolute atomic E-state index is 10.8. The lowest BCUT2D eigenvalue weighted by Crippen LogP contribution is -2.31. The molecule has 1 amide bonds. The molecule has 0 heterocycles. The van der Waals surface area contributed by atoms with Gasteiger partial charge in [-0.1, -0.05) is 0 Å². The van der Waals surface area contributed by atoms with E-state index < -0.39 is 17.9 Å². The van der Waals surface area contributed by atoms with Crippen LogP contribution in [0.1, 0.15) is 19.8 Å². The number of hydrogen-bond donors (Lipinski definition) is 2. The first-order chi connectivity index (χ1) is 5.56. The Morgan fingerprint density at radius 2 is 2.17 bits per heavy atom. The summed E-state index contributed by atoms with van der Waals surface area (Å²) < 4.78 is 0. The monoisotopic (exact) mass is 170 g/mol. The van der Waals surface area contributed by atoms with E-state index in [0.29, 0.717) is 0 Å². The van der Waals surface area contributed by atoms with Crippen LogP contribution >= 0.6 is 0 Å². The van der Waals surface area contributed by atoms with Gasteiger partial charge in [0.05, 0.1) is 12.5 Å². The van der Waals surface area contributed by atoms with Gasteiger partial charge in [0.25, 0.3) is 0 Å². The second kappa shape index (κ2) is 5.13. The molecule has 0 aliphatic heterocycles. The summed E-state index contributed by atoms with van der Waals surface area (Å²) in [5.41, 5.74) is 0. The van der Waals surface area contributed by atoms with Gasteiger partial charge in [-0.3, -0.25) is 9.59 Å². The van der Waals surface area contributed by atoms with E-state index in [1.165, 1.54) is 6.92 Å². The summed E-state index contributed by atoms with van der Waals surface area (Å²) in [6.45, 7) is 1.53. The molecule has 0 rings (SSSR count). The van der Waals surface area contributed by atoms with Crippen molar-refractivity contribution in [3.63, 3.8) is 0 Å². The lowest BCUT2D eigenvalue weighted by atomic mass is 10.3. The van der Waals surface area contributed by atoms with E-state index in [2.05, 4.69) is 5.32 Å². The number of aliphatic carboxylic acids is 1. The Hall–Kier alpha value is -1.57. The summed E-state index contributed by atoms with van der Waals surface area (Å²) in [6, 6.07) is 1.24. The Kier molecular flexibility index (Phi) is 4.46. The molecule has 0 spiro atoms. The fourth-order valence-corrected chi connectivity index (χ4v) is 0.566. The third-order valence-electron chi connectivity index (χ3n) is 1.14. The first kappa shape index (κ1) is 10.4. The van der Waals surface area contributed by atoms with Crippen molar-refractivity contribution in [2.24, 2.45) is 0 Å². The Bertz CT molecular complexity index is 219. The molecule has 0 saturated carbocycles. The lowest BCUT2D eigenvalue weighted by Gasteiger charge is -2.03. The predicted molar refractivity (Wildman–Crippen MR) is 40.1 cm³/mol. The molecule has 5 nitrogen and oxygen atoms in total. The summed E-state index contributed by atoms with van der Waals surface area (Å²) in [4.78, 5) is 20.8. The van der Waals surface area contributed by atoms with Crippen molar-refractivity contribution in [3.8, 4) is 6.07 Å². The minimum atomic E-state index is -1.02. The quantitative estimate of drug-likeness (QED) is 0.615. The molecule has 1 unspecified atom stereocenters. The van der Waals surface area contributed by atoms with Gasteiger partial charge in [-0.2, -0.15) is 5.26 Å². The van der Waals surface area contributed by atoms with Crippen LogP contribution in [0.25, 0.3) is 0 Å². The van der Waals surface area contributed by atoms with Gasteiger partial charge in [-0.05, 0) is 6.92 Å². The van der Waals surface area contributed by atoms with Gasteiger partial charge < -0.3 is 10.4 Å². The van der Waals surface area contributed by atoms with E-state index in [9.17, 15) is 9.59 Å². The Labute approximate surface area is 70.0 Å². The van der Waals surface area contributed by atoms with E-state index in [1.54, 1.807) is 6.07 Å². The van der Waals surface area contributed by atoms with E-state index in [1.807, 2.05) is 0 Å². The van der Waals surface area contributed by atoms with Gasteiger partial charge in [0.15, 0.2) is 0 Å². The Balaban J connectivity index is 3.62. The maximum atomic E-state index is 10.8. The number of hydrogen-bond acceptors (Lipinski definition) is 3. The van der Waals surface area contributed by atoms with Crippen molar-refractivity contribution >= 4 is 11.9 Å².